The van der Waals surface area contributed by atoms with Crippen molar-refractivity contribution < 1.29 is 4.39 Å². The van der Waals surface area contributed by atoms with Crippen LogP contribution in [-0.2, 0) is 0 Å². The van der Waals surface area contributed by atoms with Gasteiger partial charge < -0.3 is 0 Å². The Balaban J connectivity index is 3.27. The number of hydrogen-bond donors (Lipinski definition) is 0. The maximum Gasteiger partial charge on any atom is 0.139 e. The molecule has 0 radical (unpaired) electrons. The SMILES string of the molecule is CCC(C)CB(C)CCF. The van der Waals surface area contributed by atoms with Gasteiger partial charge in [0.1, 0.15) is 6.71 Å². The fourth-order valence-corrected chi connectivity index (χ4v) is 1.16. The smallest absolute Gasteiger partial charge is 0.139 e. The molecule has 0 aliphatic carbocycles. The number of rotatable bonds is 5. The minimum absolute atomic E-state index is 0.155. The first-order valence-corrected chi connectivity index (χ1v) is 4.26. The summed E-state index contributed by atoms with van der Waals surface area (Å²) in [6, 6.07) is 0. The Labute approximate surface area is 64.3 Å². The van der Waals surface area contributed by atoms with E-state index in [1.165, 1.54) is 12.7 Å². The van der Waals surface area contributed by atoms with E-state index in [4.69, 9.17) is 0 Å². The summed E-state index contributed by atoms with van der Waals surface area (Å²) in [5.74, 6) is 0.765. The Kier molecular flexibility index (Phi) is 5.75. The minimum atomic E-state index is -0.155. The molecular formula is C8H18BF. The van der Waals surface area contributed by atoms with Crippen LogP contribution in [0.2, 0.25) is 19.5 Å². The van der Waals surface area contributed by atoms with Crippen LogP contribution in [0.5, 0.6) is 0 Å². The van der Waals surface area contributed by atoms with Gasteiger partial charge in [0.25, 0.3) is 0 Å². The summed E-state index contributed by atoms with van der Waals surface area (Å²) in [6.07, 6.45) is 3.14. The summed E-state index contributed by atoms with van der Waals surface area (Å²) in [4.78, 5) is 0. The highest BCUT2D eigenvalue weighted by molar-refractivity contribution is 6.57. The lowest BCUT2D eigenvalue weighted by molar-refractivity contribution is 0.521. The molecular weight excluding hydrogens is 126 g/mol. The third-order valence-corrected chi connectivity index (χ3v) is 2.10. The quantitative estimate of drug-likeness (QED) is 0.520. The first-order chi connectivity index (χ1) is 4.70. The fourth-order valence-electron chi connectivity index (χ4n) is 1.16. The van der Waals surface area contributed by atoms with Gasteiger partial charge >= 0.3 is 0 Å². The van der Waals surface area contributed by atoms with E-state index >= 15 is 0 Å². The lowest BCUT2D eigenvalue weighted by atomic mass is 9.45. The van der Waals surface area contributed by atoms with Crippen molar-refractivity contribution in [1.82, 2.24) is 0 Å². The molecule has 0 bridgehead atoms. The highest BCUT2D eigenvalue weighted by Crippen LogP contribution is 2.12. The largest absolute Gasteiger partial charge is 0.252 e. The molecule has 2 heteroatoms. The van der Waals surface area contributed by atoms with Crippen LogP contribution in [0.15, 0.2) is 0 Å². The maximum atomic E-state index is 11.8. The van der Waals surface area contributed by atoms with Crippen LogP contribution in [0.1, 0.15) is 20.3 Å². The van der Waals surface area contributed by atoms with Gasteiger partial charge in [-0.25, -0.2) is 0 Å². The van der Waals surface area contributed by atoms with Crippen LogP contribution >= 0.6 is 0 Å². The lowest BCUT2D eigenvalue weighted by Gasteiger charge is -2.10. The third-order valence-electron chi connectivity index (χ3n) is 2.10. The second-order valence-electron chi connectivity index (χ2n) is 3.33. The first-order valence-electron chi connectivity index (χ1n) is 4.26. The van der Waals surface area contributed by atoms with E-state index in [0.717, 1.165) is 12.2 Å². The molecule has 0 nitrogen and oxygen atoms in total. The molecule has 0 aliphatic rings. The summed E-state index contributed by atoms with van der Waals surface area (Å²) in [7, 11) is 0. The van der Waals surface area contributed by atoms with Gasteiger partial charge in [-0.15, -0.1) is 0 Å². The summed E-state index contributed by atoms with van der Waals surface area (Å²) in [5, 5.41) is 0. The summed E-state index contributed by atoms with van der Waals surface area (Å²) in [5.41, 5.74) is 0. The molecule has 1 atom stereocenters. The van der Waals surface area contributed by atoms with Crippen LogP contribution in [0.4, 0.5) is 4.39 Å². The van der Waals surface area contributed by atoms with Crippen LogP contribution in [0.3, 0.4) is 0 Å². The second kappa shape index (κ2) is 5.76. The topological polar surface area (TPSA) is 0 Å². The number of hydrogen-bond acceptors (Lipinski definition) is 0. The Morgan fingerprint density at radius 3 is 2.50 bits per heavy atom. The molecule has 0 saturated heterocycles. The Bertz CT molecular complexity index is 75.7. The number of halogens is 1. The van der Waals surface area contributed by atoms with Crippen LogP contribution in [0, 0.1) is 5.92 Å². The van der Waals surface area contributed by atoms with E-state index in [9.17, 15) is 4.39 Å². The zero-order chi connectivity index (χ0) is 7.98. The van der Waals surface area contributed by atoms with Crippen molar-refractivity contribution in [2.45, 2.75) is 39.7 Å². The van der Waals surface area contributed by atoms with Crippen molar-refractivity contribution in [3.05, 3.63) is 0 Å². The van der Waals surface area contributed by atoms with Crippen LogP contribution < -0.4 is 0 Å². The average molecular weight is 144 g/mol. The molecule has 1 unspecified atom stereocenters. The predicted octanol–water partition coefficient (Wildman–Crippen LogP) is 3.13. The Hall–Kier alpha value is -0.00506. The van der Waals surface area contributed by atoms with Gasteiger partial charge in [0.2, 0.25) is 0 Å². The lowest BCUT2D eigenvalue weighted by Crippen LogP contribution is -2.11. The molecule has 0 spiro atoms. The summed E-state index contributed by atoms with van der Waals surface area (Å²) in [6.45, 7) is 6.96. The molecule has 60 valence electrons. The average Bonchev–Trinajstić information content (AvgIpc) is 1.88. The zero-order valence-electron chi connectivity index (χ0n) is 7.36. The maximum absolute atomic E-state index is 11.8. The monoisotopic (exact) mass is 144 g/mol. The van der Waals surface area contributed by atoms with E-state index in [0.29, 0.717) is 6.71 Å². The molecule has 0 saturated carbocycles. The van der Waals surface area contributed by atoms with Crippen molar-refractivity contribution in [3.63, 3.8) is 0 Å². The minimum Gasteiger partial charge on any atom is -0.252 e. The first kappa shape index (κ1) is 9.99. The van der Waals surface area contributed by atoms with Crippen molar-refractivity contribution >= 4 is 6.71 Å². The van der Waals surface area contributed by atoms with Crippen molar-refractivity contribution in [2.75, 3.05) is 6.67 Å². The highest BCUT2D eigenvalue weighted by Gasteiger charge is 2.09. The Morgan fingerprint density at radius 1 is 1.50 bits per heavy atom. The van der Waals surface area contributed by atoms with E-state index < -0.39 is 0 Å². The third kappa shape index (κ3) is 4.83. The highest BCUT2D eigenvalue weighted by atomic mass is 19.1. The van der Waals surface area contributed by atoms with Crippen molar-refractivity contribution in [1.29, 1.82) is 0 Å². The van der Waals surface area contributed by atoms with Gasteiger partial charge in [0, 0.05) is 0 Å². The molecule has 0 fully saturated rings. The summed E-state index contributed by atoms with van der Waals surface area (Å²) >= 11 is 0. The Morgan fingerprint density at radius 2 is 2.10 bits per heavy atom. The van der Waals surface area contributed by atoms with E-state index in [1.54, 1.807) is 0 Å². The van der Waals surface area contributed by atoms with E-state index in [1.807, 2.05) is 0 Å². The van der Waals surface area contributed by atoms with Gasteiger partial charge in [-0.1, -0.05) is 39.3 Å². The van der Waals surface area contributed by atoms with Crippen molar-refractivity contribution in [3.8, 4) is 0 Å². The van der Waals surface area contributed by atoms with Crippen LogP contribution in [0.25, 0.3) is 0 Å². The van der Waals surface area contributed by atoms with Crippen LogP contribution in [-0.4, -0.2) is 13.4 Å². The predicted molar refractivity (Wildman–Crippen MR) is 46.7 cm³/mol. The zero-order valence-corrected chi connectivity index (χ0v) is 7.36. The fraction of sp³-hybridized carbons (Fsp3) is 1.00. The molecule has 0 heterocycles. The molecule has 10 heavy (non-hydrogen) atoms. The van der Waals surface area contributed by atoms with Gasteiger partial charge in [-0.05, 0) is 6.32 Å². The molecule has 0 aromatic rings. The van der Waals surface area contributed by atoms with Gasteiger partial charge in [-0.2, -0.15) is 0 Å². The number of alkyl halides is 1. The molecule has 0 rings (SSSR count). The molecule has 0 N–H and O–H groups in total. The molecule has 0 aromatic carbocycles. The van der Waals surface area contributed by atoms with E-state index in [-0.39, 0.29) is 6.67 Å². The molecule has 0 aliphatic heterocycles. The standard InChI is InChI=1S/C8H18BF/c1-4-8(2)7-9(3)5-6-10/h8H,4-7H2,1-3H3. The van der Waals surface area contributed by atoms with Gasteiger partial charge in [-0.3, -0.25) is 4.39 Å². The summed E-state index contributed by atoms with van der Waals surface area (Å²) < 4.78 is 11.8. The normalized spacial score (nSPS) is 13.2. The van der Waals surface area contributed by atoms with Crippen molar-refractivity contribution in [2.24, 2.45) is 5.92 Å². The second-order valence-corrected chi connectivity index (χ2v) is 3.33. The van der Waals surface area contributed by atoms with Gasteiger partial charge in [0.05, 0.1) is 6.67 Å². The van der Waals surface area contributed by atoms with E-state index in [2.05, 4.69) is 20.7 Å². The van der Waals surface area contributed by atoms with Gasteiger partial charge in [0.15, 0.2) is 0 Å². The molecule has 0 aromatic heterocycles. The molecule has 0 amide bonds.